The molecule has 2 heterocycles. The highest BCUT2D eigenvalue weighted by molar-refractivity contribution is 7.88. The second kappa shape index (κ2) is 11.1. The minimum absolute atomic E-state index is 0.154. The summed E-state index contributed by atoms with van der Waals surface area (Å²) in [6.07, 6.45) is 3.76. The van der Waals surface area contributed by atoms with Crippen LogP contribution in [0.4, 0.5) is 0 Å². The molecule has 4 rings (SSSR count). The van der Waals surface area contributed by atoms with Gasteiger partial charge in [-0.05, 0) is 48.8 Å². The summed E-state index contributed by atoms with van der Waals surface area (Å²) in [6, 6.07) is 17.9. The summed E-state index contributed by atoms with van der Waals surface area (Å²) in [5.74, 6) is 0. The lowest BCUT2D eigenvalue weighted by molar-refractivity contribution is -0.248. The maximum absolute atomic E-state index is 12.1. The van der Waals surface area contributed by atoms with Crippen LogP contribution in [-0.4, -0.2) is 69.0 Å². The van der Waals surface area contributed by atoms with E-state index >= 15 is 0 Å². The van der Waals surface area contributed by atoms with Crippen LogP contribution in [0, 0.1) is 0 Å². The molecule has 2 saturated heterocycles. The number of aliphatic hydroxyl groups excluding tert-OH is 1. The van der Waals surface area contributed by atoms with Crippen molar-refractivity contribution in [3.8, 4) is 11.1 Å². The zero-order valence-corrected chi connectivity index (χ0v) is 19.9. The lowest BCUT2D eigenvalue weighted by atomic mass is 9.90. The van der Waals surface area contributed by atoms with E-state index in [2.05, 4.69) is 35.1 Å². The molecule has 4 unspecified atom stereocenters. The molecule has 2 aliphatic rings. The third kappa shape index (κ3) is 6.85. The Morgan fingerprint density at radius 1 is 1.12 bits per heavy atom. The Morgan fingerprint density at radius 3 is 2.64 bits per heavy atom. The smallest absolute Gasteiger partial charge is 0.216 e. The van der Waals surface area contributed by atoms with Gasteiger partial charge in [0, 0.05) is 25.2 Å². The Labute approximate surface area is 196 Å². The van der Waals surface area contributed by atoms with Crippen molar-refractivity contribution in [2.45, 2.75) is 56.7 Å². The van der Waals surface area contributed by atoms with E-state index in [0.717, 1.165) is 42.6 Å². The first-order valence-electron chi connectivity index (χ1n) is 11.7. The van der Waals surface area contributed by atoms with Crippen LogP contribution >= 0.6 is 0 Å². The van der Waals surface area contributed by atoms with Crippen molar-refractivity contribution < 1.29 is 23.0 Å². The molecular weight excluding hydrogens is 440 g/mol. The molecule has 180 valence electrons. The number of nitrogens with one attached hydrogen (secondary N) is 1. The number of aliphatic hydroxyl groups is 1. The molecule has 0 radical (unpaired) electrons. The minimum atomic E-state index is -3.40. The number of ether oxygens (including phenoxy) is 2. The summed E-state index contributed by atoms with van der Waals surface area (Å²) in [4.78, 5) is 1.90. The van der Waals surface area contributed by atoms with E-state index in [0.29, 0.717) is 26.0 Å². The predicted molar refractivity (Wildman–Crippen MR) is 128 cm³/mol. The van der Waals surface area contributed by atoms with Gasteiger partial charge in [-0.3, -0.25) is 4.90 Å². The van der Waals surface area contributed by atoms with Gasteiger partial charge in [-0.15, -0.1) is 0 Å². The third-order valence-corrected chi connectivity index (χ3v) is 7.11. The largest absolute Gasteiger partial charge is 0.379 e. The van der Waals surface area contributed by atoms with E-state index in [1.807, 2.05) is 29.2 Å². The summed E-state index contributed by atoms with van der Waals surface area (Å²) in [7, 11) is -3.40. The summed E-state index contributed by atoms with van der Waals surface area (Å²) in [5.41, 5.74) is 3.33. The van der Waals surface area contributed by atoms with E-state index in [9.17, 15) is 13.5 Å². The quantitative estimate of drug-likeness (QED) is 0.572. The molecule has 0 spiro atoms. The number of nitrogens with zero attached hydrogens (tertiary/aromatic N) is 1. The van der Waals surface area contributed by atoms with Crippen LogP contribution in [0.25, 0.3) is 11.1 Å². The molecule has 0 aliphatic carbocycles. The van der Waals surface area contributed by atoms with Gasteiger partial charge in [0.25, 0.3) is 0 Å². The van der Waals surface area contributed by atoms with E-state index in [4.69, 9.17) is 9.47 Å². The van der Waals surface area contributed by atoms with Crippen LogP contribution in [0.3, 0.4) is 0 Å². The summed E-state index contributed by atoms with van der Waals surface area (Å²) in [5, 5.41) is 11.0. The first-order valence-corrected chi connectivity index (χ1v) is 13.6. The summed E-state index contributed by atoms with van der Waals surface area (Å²) >= 11 is 0. The predicted octanol–water partition coefficient (Wildman–Crippen LogP) is 2.75. The number of sulfonamides is 1. The Hall–Kier alpha value is -1.81. The van der Waals surface area contributed by atoms with Gasteiger partial charge >= 0.3 is 0 Å². The Bertz CT molecular complexity index is 995. The van der Waals surface area contributed by atoms with Crippen LogP contribution in [0.1, 0.15) is 31.2 Å². The molecular formula is C25H34N2O5S. The first kappa shape index (κ1) is 24.3. The maximum Gasteiger partial charge on any atom is 0.216 e. The molecule has 33 heavy (non-hydrogen) atoms. The van der Waals surface area contributed by atoms with Crippen LogP contribution in [0.15, 0.2) is 54.6 Å². The van der Waals surface area contributed by atoms with E-state index in [-0.39, 0.29) is 18.2 Å². The molecule has 2 aromatic carbocycles. The standard InChI is InChI=1S/C25H34N2O5S/c1-33(29,30)26-23-13-6-14-27(25(28)32-22-12-7-15-31-18-22)24(23)17-19-8-5-11-21(16-19)20-9-3-2-4-10-20/h2-5,8-11,16,22-26,28H,6-7,12-15,17-18H2,1H3. The van der Waals surface area contributed by atoms with E-state index < -0.39 is 16.4 Å². The second-order valence-corrected chi connectivity index (χ2v) is 10.8. The monoisotopic (exact) mass is 474 g/mol. The molecule has 0 amide bonds. The van der Waals surface area contributed by atoms with Crippen molar-refractivity contribution in [3.05, 3.63) is 60.2 Å². The van der Waals surface area contributed by atoms with Gasteiger partial charge in [0.15, 0.2) is 0 Å². The number of rotatable bonds is 8. The normalized spacial score (nSPS) is 25.6. The van der Waals surface area contributed by atoms with Crippen molar-refractivity contribution in [2.75, 3.05) is 26.0 Å². The molecule has 2 fully saturated rings. The number of benzene rings is 2. The zero-order chi connectivity index (χ0) is 23.3. The van der Waals surface area contributed by atoms with Gasteiger partial charge in [-0.2, -0.15) is 0 Å². The fourth-order valence-corrected chi connectivity index (χ4v) is 5.67. The number of likely N-dealkylation sites (tertiary alicyclic amines) is 1. The van der Waals surface area contributed by atoms with Gasteiger partial charge in [-0.1, -0.05) is 54.6 Å². The van der Waals surface area contributed by atoms with Crippen molar-refractivity contribution in [1.82, 2.24) is 9.62 Å². The molecule has 2 aromatic rings. The van der Waals surface area contributed by atoms with Gasteiger partial charge in [0.1, 0.15) is 0 Å². The molecule has 7 nitrogen and oxygen atoms in total. The topological polar surface area (TPSA) is 88.1 Å². The molecule has 2 aliphatic heterocycles. The van der Waals surface area contributed by atoms with Crippen molar-refractivity contribution in [3.63, 3.8) is 0 Å². The average Bonchev–Trinajstić information content (AvgIpc) is 2.80. The third-order valence-electron chi connectivity index (χ3n) is 6.38. The van der Waals surface area contributed by atoms with Crippen molar-refractivity contribution in [2.24, 2.45) is 0 Å². The minimum Gasteiger partial charge on any atom is -0.379 e. The van der Waals surface area contributed by atoms with Gasteiger partial charge in [0.2, 0.25) is 16.4 Å². The van der Waals surface area contributed by atoms with Crippen molar-refractivity contribution in [1.29, 1.82) is 0 Å². The lowest BCUT2D eigenvalue weighted by Crippen LogP contribution is -2.60. The molecule has 8 heteroatoms. The summed E-state index contributed by atoms with van der Waals surface area (Å²) < 4.78 is 38.4. The van der Waals surface area contributed by atoms with Crippen LogP contribution < -0.4 is 4.72 Å². The fourth-order valence-electron chi connectivity index (χ4n) is 4.85. The van der Waals surface area contributed by atoms with Crippen LogP contribution in [0.2, 0.25) is 0 Å². The Kier molecular flexibility index (Phi) is 8.16. The number of piperidine rings is 1. The SMILES string of the molecule is CS(=O)(=O)NC1CCCN(C(O)OC2CCCOC2)C1Cc1cccc(-c2ccccc2)c1. The number of hydrogen-bond donors (Lipinski definition) is 2. The molecule has 0 aromatic heterocycles. The molecule has 0 saturated carbocycles. The fraction of sp³-hybridized carbons (Fsp3) is 0.520. The highest BCUT2D eigenvalue weighted by Gasteiger charge is 2.37. The highest BCUT2D eigenvalue weighted by Crippen LogP contribution is 2.27. The van der Waals surface area contributed by atoms with Crippen LogP contribution in [0.5, 0.6) is 0 Å². The lowest BCUT2D eigenvalue weighted by Gasteiger charge is -2.44. The second-order valence-electron chi connectivity index (χ2n) is 9.02. The average molecular weight is 475 g/mol. The number of hydrogen-bond acceptors (Lipinski definition) is 6. The first-order chi connectivity index (χ1) is 15.9. The maximum atomic E-state index is 12.1. The van der Waals surface area contributed by atoms with Gasteiger partial charge in [-0.25, -0.2) is 13.1 Å². The Morgan fingerprint density at radius 2 is 1.91 bits per heavy atom. The highest BCUT2D eigenvalue weighted by atomic mass is 32.2. The molecule has 0 bridgehead atoms. The molecule has 2 N–H and O–H groups in total. The van der Waals surface area contributed by atoms with Gasteiger partial charge < -0.3 is 14.6 Å². The summed E-state index contributed by atoms with van der Waals surface area (Å²) in [6.45, 7) is 1.83. The Balaban J connectivity index is 1.56. The van der Waals surface area contributed by atoms with E-state index in [1.165, 1.54) is 6.26 Å². The zero-order valence-electron chi connectivity index (χ0n) is 19.1. The molecule has 4 atom stereocenters. The van der Waals surface area contributed by atoms with Gasteiger partial charge in [0.05, 0.1) is 19.0 Å². The van der Waals surface area contributed by atoms with Crippen molar-refractivity contribution >= 4 is 10.0 Å². The van der Waals surface area contributed by atoms with E-state index in [1.54, 1.807) is 0 Å². The van der Waals surface area contributed by atoms with Crippen LogP contribution in [-0.2, 0) is 25.9 Å².